The van der Waals surface area contributed by atoms with Gasteiger partial charge in [-0.3, -0.25) is 19.2 Å². The van der Waals surface area contributed by atoms with Crippen molar-refractivity contribution in [1.82, 2.24) is 15.5 Å². The highest BCUT2D eigenvalue weighted by molar-refractivity contribution is 5.96. The molecule has 0 spiro atoms. The van der Waals surface area contributed by atoms with E-state index < -0.39 is 60.2 Å². The summed E-state index contributed by atoms with van der Waals surface area (Å²) in [5.74, 6) is -4.56. The van der Waals surface area contributed by atoms with Gasteiger partial charge in [0.15, 0.2) is 0 Å². The minimum absolute atomic E-state index is 0.171. The van der Waals surface area contributed by atoms with Crippen LogP contribution in [0.2, 0.25) is 0 Å². The number of rotatable bonds is 14. The van der Waals surface area contributed by atoms with Gasteiger partial charge in [-0.15, -0.1) is 0 Å². The van der Waals surface area contributed by atoms with Crippen LogP contribution in [-0.4, -0.2) is 82.0 Å². The van der Waals surface area contributed by atoms with Crippen LogP contribution < -0.4 is 22.1 Å². The first-order valence-corrected chi connectivity index (χ1v) is 12.0. The molecule has 1 aliphatic rings. The number of carboxylic acids is 2. The molecule has 12 nitrogen and oxygen atoms in total. The van der Waals surface area contributed by atoms with Crippen LogP contribution in [0.3, 0.4) is 0 Å². The second-order valence-electron chi connectivity index (χ2n) is 8.83. The molecule has 12 heteroatoms. The van der Waals surface area contributed by atoms with Gasteiger partial charge < -0.3 is 37.2 Å². The van der Waals surface area contributed by atoms with E-state index in [4.69, 9.17) is 11.5 Å². The molecule has 8 N–H and O–H groups in total. The summed E-state index contributed by atoms with van der Waals surface area (Å²) in [7, 11) is 0. The van der Waals surface area contributed by atoms with Crippen molar-refractivity contribution < 1.29 is 34.2 Å². The van der Waals surface area contributed by atoms with Crippen LogP contribution in [0.1, 0.15) is 44.1 Å². The predicted octanol–water partition coefficient (Wildman–Crippen LogP) is -0.795. The van der Waals surface area contributed by atoms with Crippen molar-refractivity contribution >= 4 is 29.7 Å². The maximum Gasteiger partial charge on any atom is 0.326 e. The Morgan fingerprint density at radius 2 is 1.72 bits per heavy atom. The van der Waals surface area contributed by atoms with Crippen LogP contribution in [-0.2, 0) is 30.4 Å². The van der Waals surface area contributed by atoms with Gasteiger partial charge in [0.2, 0.25) is 17.7 Å². The fraction of sp³-hybridized carbons (Fsp3) is 0.542. The third-order valence-corrected chi connectivity index (χ3v) is 6.03. The molecule has 1 aromatic carbocycles. The summed E-state index contributed by atoms with van der Waals surface area (Å²) in [5.41, 5.74) is 12.2. The predicted molar refractivity (Wildman–Crippen MR) is 130 cm³/mol. The largest absolute Gasteiger partial charge is 0.481 e. The molecule has 198 valence electrons. The Kier molecular flexibility index (Phi) is 11.3. The Bertz CT molecular complexity index is 927. The topological polar surface area (TPSA) is 205 Å². The Hall–Kier alpha value is -3.51. The number of nitrogens with one attached hydrogen (secondary N) is 2. The van der Waals surface area contributed by atoms with E-state index in [1.807, 2.05) is 6.07 Å². The lowest BCUT2D eigenvalue weighted by Gasteiger charge is -2.29. The van der Waals surface area contributed by atoms with Gasteiger partial charge in [-0.05, 0) is 50.6 Å². The smallest absolute Gasteiger partial charge is 0.326 e. The van der Waals surface area contributed by atoms with Crippen molar-refractivity contribution in [2.24, 2.45) is 11.5 Å². The minimum atomic E-state index is -1.43. The monoisotopic (exact) mass is 505 g/mol. The van der Waals surface area contributed by atoms with Crippen molar-refractivity contribution in [1.29, 1.82) is 0 Å². The zero-order chi connectivity index (χ0) is 26.7. The van der Waals surface area contributed by atoms with Gasteiger partial charge in [0.05, 0.1) is 12.5 Å². The van der Waals surface area contributed by atoms with E-state index in [0.29, 0.717) is 25.8 Å². The van der Waals surface area contributed by atoms with Gasteiger partial charge in [0.1, 0.15) is 18.1 Å². The van der Waals surface area contributed by atoms with Crippen molar-refractivity contribution in [3.63, 3.8) is 0 Å². The molecule has 0 radical (unpaired) electrons. The first-order chi connectivity index (χ1) is 17.1. The normalized spacial score (nSPS) is 17.6. The zero-order valence-corrected chi connectivity index (χ0v) is 20.1. The number of hydrogen-bond acceptors (Lipinski definition) is 7. The summed E-state index contributed by atoms with van der Waals surface area (Å²) in [4.78, 5) is 63.0. The van der Waals surface area contributed by atoms with Crippen LogP contribution >= 0.6 is 0 Å². The summed E-state index contributed by atoms with van der Waals surface area (Å²) in [6, 6.07) is 4.45. The second kappa shape index (κ2) is 14.1. The summed E-state index contributed by atoms with van der Waals surface area (Å²) in [6.07, 6.45) is 1.56. The molecule has 1 aromatic rings. The highest BCUT2D eigenvalue weighted by atomic mass is 16.4. The van der Waals surface area contributed by atoms with E-state index in [9.17, 15) is 34.2 Å². The number of aliphatic carboxylic acids is 2. The van der Waals surface area contributed by atoms with Gasteiger partial charge in [0.25, 0.3) is 0 Å². The SMILES string of the molecule is NCCCCC(NC(=O)C1CCCN1C(=O)C(CC(=O)O)NC(=O)C(N)Cc1ccccc1)C(=O)O. The van der Waals surface area contributed by atoms with Gasteiger partial charge >= 0.3 is 11.9 Å². The van der Waals surface area contributed by atoms with Crippen LogP contribution in [0.25, 0.3) is 0 Å². The standard InChI is InChI=1S/C24H35N5O7/c25-11-5-4-9-17(24(35)36)27-22(33)19-10-6-12-29(19)23(34)18(14-20(30)31)28-21(32)16(26)13-15-7-2-1-3-8-15/h1-3,7-8,16-19H,4-6,9-14,25-26H2,(H,27,33)(H,28,32)(H,30,31)(H,35,36). The van der Waals surface area contributed by atoms with Crippen LogP contribution in [0.5, 0.6) is 0 Å². The first kappa shape index (κ1) is 28.7. The van der Waals surface area contributed by atoms with E-state index >= 15 is 0 Å². The lowest BCUT2D eigenvalue weighted by atomic mass is 10.0. The maximum absolute atomic E-state index is 13.2. The molecule has 36 heavy (non-hydrogen) atoms. The molecule has 0 saturated carbocycles. The van der Waals surface area contributed by atoms with Crippen molar-refractivity contribution in [2.75, 3.05) is 13.1 Å². The number of likely N-dealkylation sites (tertiary alicyclic amines) is 1. The lowest BCUT2D eigenvalue weighted by molar-refractivity contribution is -0.147. The molecule has 0 aromatic heterocycles. The average Bonchev–Trinajstić information content (AvgIpc) is 3.33. The van der Waals surface area contributed by atoms with Crippen LogP contribution in [0.15, 0.2) is 30.3 Å². The van der Waals surface area contributed by atoms with Crippen molar-refractivity contribution in [3.8, 4) is 0 Å². The quantitative estimate of drug-likeness (QED) is 0.175. The third-order valence-electron chi connectivity index (χ3n) is 6.03. The molecule has 0 bridgehead atoms. The van der Waals surface area contributed by atoms with Crippen molar-refractivity contribution in [2.45, 2.75) is 69.1 Å². The number of carbonyl (C=O) groups excluding carboxylic acids is 3. The number of carbonyl (C=O) groups is 5. The number of benzene rings is 1. The van der Waals surface area contributed by atoms with E-state index in [0.717, 1.165) is 5.56 Å². The van der Waals surface area contributed by atoms with Gasteiger partial charge in [0, 0.05) is 6.54 Å². The number of unbranched alkanes of at least 4 members (excludes halogenated alkanes) is 1. The van der Waals surface area contributed by atoms with Gasteiger partial charge in [-0.25, -0.2) is 4.79 Å². The molecular formula is C24H35N5O7. The summed E-state index contributed by atoms with van der Waals surface area (Å²) >= 11 is 0. The van der Waals surface area contributed by atoms with Gasteiger partial charge in [-0.2, -0.15) is 0 Å². The van der Waals surface area contributed by atoms with Crippen LogP contribution in [0, 0.1) is 0 Å². The molecular weight excluding hydrogens is 470 g/mol. The van der Waals surface area contributed by atoms with E-state index in [1.165, 1.54) is 4.90 Å². The highest BCUT2D eigenvalue weighted by Crippen LogP contribution is 2.20. The molecule has 1 fully saturated rings. The van der Waals surface area contributed by atoms with E-state index in [1.54, 1.807) is 24.3 Å². The molecule has 0 aliphatic carbocycles. The Morgan fingerprint density at radius 1 is 1.03 bits per heavy atom. The van der Waals surface area contributed by atoms with Crippen molar-refractivity contribution in [3.05, 3.63) is 35.9 Å². The van der Waals surface area contributed by atoms with E-state index in [-0.39, 0.29) is 25.8 Å². The number of carboxylic acid groups (broad SMARTS) is 2. The first-order valence-electron chi connectivity index (χ1n) is 12.0. The summed E-state index contributed by atoms with van der Waals surface area (Å²) < 4.78 is 0. The van der Waals surface area contributed by atoms with Crippen LogP contribution in [0.4, 0.5) is 0 Å². The minimum Gasteiger partial charge on any atom is -0.481 e. The maximum atomic E-state index is 13.2. The van der Waals surface area contributed by atoms with E-state index in [2.05, 4.69) is 10.6 Å². The molecule has 1 heterocycles. The lowest BCUT2D eigenvalue weighted by Crippen LogP contribution is -2.57. The molecule has 4 unspecified atom stereocenters. The van der Waals surface area contributed by atoms with Gasteiger partial charge in [-0.1, -0.05) is 30.3 Å². The fourth-order valence-electron chi connectivity index (χ4n) is 4.14. The highest BCUT2D eigenvalue weighted by Gasteiger charge is 2.39. The summed E-state index contributed by atoms with van der Waals surface area (Å²) in [6.45, 7) is 0.570. The number of hydrogen-bond donors (Lipinski definition) is 6. The number of amides is 3. The Balaban J connectivity index is 2.08. The molecule has 1 aliphatic heterocycles. The molecule has 3 amide bonds. The fourth-order valence-corrected chi connectivity index (χ4v) is 4.14. The number of nitrogens with two attached hydrogens (primary N) is 2. The molecule has 4 atom stereocenters. The average molecular weight is 506 g/mol. The third kappa shape index (κ3) is 8.61. The summed E-state index contributed by atoms with van der Waals surface area (Å²) in [5, 5.41) is 23.6. The number of nitrogens with zero attached hydrogens (tertiary/aromatic N) is 1. The Morgan fingerprint density at radius 3 is 2.33 bits per heavy atom. The Labute approximate surface area is 209 Å². The second-order valence-corrected chi connectivity index (χ2v) is 8.83. The zero-order valence-electron chi connectivity index (χ0n) is 20.1. The molecule has 2 rings (SSSR count). The molecule has 1 saturated heterocycles.